The van der Waals surface area contributed by atoms with Gasteiger partial charge in [0.1, 0.15) is 5.82 Å². The highest BCUT2D eigenvalue weighted by atomic mass is 15.1. The number of hydrogen-bond acceptors (Lipinski definition) is 4. The summed E-state index contributed by atoms with van der Waals surface area (Å²) in [6.45, 7) is 8.63. The van der Waals surface area contributed by atoms with Crippen molar-refractivity contribution in [1.29, 1.82) is 0 Å². The third kappa shape index (κ3) is 4.06. The van der Waals surface area contributed by atoms with Crippen molar-refractivity contribution >= 4 is 11.5 Å². The van der Waals surface area contributed by atoms with E-state index in [4.69, 9.17) is 0 Å². The van der Waals surface area contributed by atoms with Gasteiger partial charge in [0, 0.05) is 38.1 Å². The molecule has 0 saturated carbocycles. The van der Waals surface area contributed by atoms with Crippen molar-refractivity contribution in [3.63, 3.8) is 0 Å². The van der Waals surface area contributed by atoms with Gasteiger partial charge in [0.2, 0.25) is 0 Å². The number of pyridine rings is 1. The summed E-state index contributed by atoms with van der Waals surface area (Å²) in [4.78, 5) is 6.57. The highest BCUT2D eigenvalue weighted by molar-refractivity contribution is 5.51. The highest BCUT2D eigenvalue weighted by Crippen LogP contribution is 2.10. The average molecular weight is 222 g/mol. The molecule has 0 aliphatic carbocycles. The Hall–Kier alpha value is -1.29. The minimum absolute atomic E-state index is 0.896. The molecule has 0 amide bonds. The van der Waals surface area contributed by atoms with Crippen molar-refractivity contribution in [1.82, 2.24) is 9.88 Å². The lowest BCUT2D eigenvalue weighted by atomic mass is 10.3. The molecule has 1 aromatic heterocycles. The van der Waals surface area contributed by atoms with Crippen molar-refractivity contribution in [2.45, 2.75) is 13.8 Å². The Labute approximate surface area is 98.1 Å². The second-order valence-electron chi connectivity index (χ2n) is 3.63. The van der Waals surface area contributed by atoms with Crippen LogP contribution in [0.15, 0.2) is 18.3 Å². The molecule has 0 unspecified atom stereocenters. The Balaban J connectivity index is 2.36. The summed E-state index contributed by atoms with van der Waals surface area (Å²) < 4.78 is 0. The maximum absolute atomic E-state index is 4.17. The average Bonchev–Trinajstić information content (AvgIpc) is 2.35. The molecule has 0 aromatic carbocycles. The van der Waals surface area contributed by atoms with Gasteiger partial charge in [-0.05, 0) is 19.2 Å². The van der Waals surface area contributed by atoms with Crippen molar-refractivity contribution < 1.29 is 0 Å². The van der Waals surface area contributed by atoms with Crippen LogP contribution in [0.25, 0.3) is 0 Å². The normalized spacial score (nSPS) is 10.5. The number of nitrogens with zero attached hydrogens (tertiary/aromatic N) is 2. The zero-order valence-electron chi connectivity index (χ0n) is 10.5. The molecule has 0 bridgehead atoms. The SMILES string of the molecule is CCN(CC)CCNc1ccnc(NC)c1. The van der Waals surface area contributed by atoms with Gasteiger partial charge in [0.15, 0.2) is 0 Å². The van der Waals surface area contributed by atoms with Gasteiger partial charge >= 0.3 is 0 Å². The fourth-order valence-electron chi connectivity index (χ4n) is 1.58. The lowest BCUT2D eigenvalue weighted by Crippen LogP contribution is -2.28. The van der Waals surface area contributed by atoms with Gasteiger partial charge in [0.05, 0.1) is 0 Å². The largest absolute Gasteiger partial charge is 0.384 e. The first-order valence-electron chi connectivity index (χ1n) is 5.90. The van der Waals surface area contributed by atoms with Gasteiger partial charge in [0.25, 0.3) is 0 Å². The van der Waals surface area contributed by atoms with Crippen molar-refractivity contribution in [2.24, 2.45) is 0 Å². The summed E-state index contributed by atoms with van der Waals surface area (Å²) in [5.74, 6) is 0.896. The fourth-order valence-corrected chi connectivity index (χ4v) is 1.58. The van der Waals surface area contributed by atoms with Gasteiger partial charge in [-0.1, -0.05) is 13.8 Å². The van der Waals surface area contributed by atoms with E-state index in [0.717, 1.165) is 37.7 Å². The van der Waals surface area contributed by atoms with E-state index in [0.29, 0.717) is 0 Å². The maximum atomic E-state index is 4.17. The summed E-state index contributed by atoms with van der Waals surface area (Å²) in [5.41, 5.74) is 1.12. The van der Waals surface area contributed by atoms with Crippen LogP contribution in [0.3, 0.4) is 0 Å². The van der Waals surface area contributed by atoms with E-state index in [9.17, 15) is 0 Å². The number of hydrogen-bond donors (Lipinski definition) is 2. The van der Waals surface area contributed by atoms with Crippen LogP contribution in [0.1, 0.15) is 13.8 Å². The van der Waals surface area contributed by atoms with Gasteiger partial charge < -0.3 is 15.5 Å². The molecule has 4 nitrogen and oxygen atoms in total. The van der Waals surface area contributed by atoms with Gasteiger partial charge in [-0.25, -0.2) is 4.98 Å². The quantitative estimate of drug-likeness (QED) is 0.739. The van der Waals surface area contributed by atoms with E-state index in [1.165, 1.54) is 0 Å². The van der Waals surface area contributed by atoms with E-state index >= 15 is 0 Å². The summed E-state index contributed by atoms with van der Waals surface area (Å²) in [6.07, 6.45) is 1.81. The van der Waals surface area contributed by atoms with Gasteiger partial charge in [-0.2, -0.15) is 0 Å². The molecule has 0 aliphatic rings. The molecule has 90 valence electrons. The molecule has 0 atom stereocenters. The molecule has 16 heavy (non-hydrogen) atoms. The minimum Gasteiger partial charge on any atom is -0.384 e. The molecule has 0 spiro atoms. The molecule has 0 fully saturated rings. The lowest BCUT2D eigenvalue weighted by molar-refractivity contribution is 0.316. The molecule has 4 heteroatoms. The summed E-state index contributed by atoms with van der Waals surface area (Å²) >= 11 is 0. The number of rotatable bonds is 7. The topological polar surface area (TPSA) is 40.2 Å². The molecule has 1 rings (SSSR count). The molecule has 1 heterocycles. The fraction of sp³-hybridized carbons (Fsp3) is 0.583. The predicted octanol–water partition coefficient (Wildman–Crippen LogP) is 1.88. The van der Waals surface area contributed by atoms with E-state index in [1.54, 1.807) is 0 Å². The Morgan fingerprint density at radius 1 is 1.31 bits per heavy atom. The van der Waals surface area contributed by atoms with Crippen LogP contribution in [-0.2, 0) is 0 Å². The first-order chi connectivity index (χ1) is 7.80. The van der Waals surface area contributed by atoms with Crippen molar-refractivity contribution in [2.75, 3.05) is 43.9 Å². The molecule has 0 saturated heterocycles. The number of likely N-dealkylation sites (N-methyl/N-ethyl adjacent to an activating group) is 1. The first-order valence-corrected chi connectivity index (χ1v) is 5.90. The van der Waals surface area contributed by atoms with Crippen LogP contribution in [0.4, 0.5) is 11.5 Å². The summed E-state index contributed by atoms with van der Waals surface area (Å²) in [7, 11) is 1.88. The van der Waals surface area contributed by atoms with E-state index < -0.39 is 0 Å². The Kier molecular flexibility index (Phi) is 5.64. The van der Waals surface area contributed by atoms with E-state index in [-0.39, 0.29) is 0 Å². The second kappa shape index (κ2) is 7.06. The van der Waals surface area contributed by atoms with E-state index in [2.05, 4.69) is 34.4 Å². The first kappa shape index (κ1) is 12.8. The van der Waals surface area contributed by atoms with Crippen molar-refractivity contribution in [3.05, 3.63) is 18.3 Å². The summed E-state index contributed by atoms with van der Waals surface area (Å²) in [6, 6.07) is 4.01. The Bertz CT molecular complexity index is 297. The Morgan fingerprint density at radius 3 is 2.69 bits per heavy atom. The predicted molar refractivity (Wildman–Crippen MR) is 70.1 cm³/mol. The van der Waals surface area contributed by atoms with Gasteiger partial charge in [-0.3, -0.25) is 0 Å². The van der Waals surface area contributed by atoms with Gasteiger partial charge in [-0.15, -0.1) is 0 Å². The number of nitrogens with one attached hydrogen (secondary N) is 2. The monoisotopic (exact) mass is 222 g/mol. The Morgan fingerprint density at radius 2 is 2.06 bits per heavy atom. The van der Waals surface area contributed by atoms with Crippen LogP contribution in [0.2, 0.25) is 0 Å². The smallest absolute Gasteiger partial charge is 0.127 e. The molecule has 2 N–H and O–H groups in total. The van der Waals surface area contributed by atoms with Crippen LogP contribution >= 0.6 is 0 Å². The second-order valence-corrected chi connectivity index (χ2v) is 3.63. The highest BCUT2D eigenvalue weighted by Gasteiger charge is 1.98. The molecule has 0 radical (unpaired) electrons. The number of anilines is 2. The van der Waals surface area contributed by atoms with Crippen LogP contribution in [0.5, 0.6) is 0 Å². The molecule has 0 aliphatic heterocycles. The molecular weight excluding hydrogens is 200 g/mol. The molecule has 1 aromatic rings. The zero-order valence-corrected chi connectivity index (χ0v) is 10.5. The zero-order chi connectivity index (χ0) is 11.8. The van der Waals surface area contributed by atoms with Crippen LogP contribution in [0, 0.1) is 0 Å². The maximum Gasteiger partial charge on any atom is 0.127 e. The van der Waals surface area contributed by atoms with Crippen LogP contribution < -0.4 is 10.6 Å². The molecular formula is C12H22N4. The third-order valence-corrected chi connectivity index (χ3v) is 2.67. The van der Waals surface area contributed by atoms with E-state index in [1.807, 2.05) is 25.4 Å². The lowest BCUT2D eigenvalue weighted by Gasteiger charge is -2.18. The van der Waals surface area contributed by atoms with Crippen molar-refractivity contribution in [3.8, 4) is 0 Å². The third-order valence-electron chi connectivity index (χ3n) is 2.67. The van der Waals surface area contributed by atoms with Crippen LogP contribution in [-0.4, -0.2) is 43.1 Å². The summed E-state index contributed by atoms with van der Waals surface area (Å²) in [5, 5.41) is 6.42. The number of aromatic nitrogens is 1. The standard InChI is InChI=1S/C12H22N4/c1-4-16(5-2)9-8-14-11-6-7-15-12(10-11)13-3/h6-7,10H,4-5,8-9H2,1-3H3,(H2,13,14,15). The minimum atomic E-state index is 0.896.